The minimum Gasteiger partial charge on any atom is -0.390 e. The smallest absolute Gasteiger partial charge is 0.253 e. The molecule has 1 unspecified atom stereocenters. The van der Waals surface area contributed by atoms with Gasteiger partial charge in [-0.1, -0.05) is 48.0 Å². The van der Waals surface area contributed by atoms with Gasteiger partial charge in [0.25, 0.3) is 5.91 Å². The maximum Gasteiger partial charge on any atom is 0.253 e. The lowest BCUT2D eigenvalue weighted by atomic mass is 10.1. The van der Waals surface area contributed by atoms with Gasteiger partial charge in [-0.2, -0.15) is 0 Å². The topological polar surface area (TPSA) is 47.0 Å². The van der Waals surface area contributed by atoms with Crippen LogP contribution in [-0.4, -0.2) is 78.1 Å². The van der Waals surface area contributed by atoms with E-state index in [2.05, 4.69) is 21.9 Å². The SMILES string of the molecule is CN(Cc1ccccc1)CC(O)CN1CCN(C(=O)c2cccc(Cl)c2)CC1. The second-order valence-corrected chi connectivity index (χ2v) is 7.88. The van der Waals surface area contributed by atoms with E-state index >= 15 is 0 Å². The van der Waals surface area contributed by atoms with E-state index in [1.807, 2.05) is 30.1 Å². The van der Waals surface area contributed by atoms with Crippen molar-refractivity contribution < 1.29 is 9.90 Å². The van der Waals surface area contributed by atoms with Crippen LogP contribution in [0.4, 0.5) is 0 Å². The monoisotopic (exact) mass is 401 g/mol. The Morgan fingerprint density at radius 1 is 1.11 bits per heavy atom. The minimum absolute atomic E-state index is 0.0188. The first-order chi connectivity index (χ1) is 13.5. The maximum absolute atomic E-state index is 12.6. The van der Waals surface area contributed by atoms with Crippen molar-refractivity contribution in [2.75, 3.05) is 46.3 Å². The summed E-state index contributed by atoms with van der Waals surface area (Å²) in [4.78, 5) is 18.8. The van der Waals surface area contributed by atoms with Crippen molar-refractivity contribution in [1.82, 2.24) is 14.7 Å². The van der Waals surface area contributed by atoms with Gasteiger partial charge in [0.05, 0.1) is 6.10 Å². The summed E-state index contributed by atoms with van der Waals surface area (Å²) in [7, 11) is 2.03. The fourth-order valence-electron chi connectivity index (χ4n) is 3.61. The predicted molar refractivity (Wildman–Crippen MR) is 113 cm³/mol. The highest BCUT2D eigenvalue weighted by Gasteiger charge is 2.23. The van der Waals surface area contributed by atoms with E-state index in [-0.39, 0.29) is 5.91 Å². The molecule has 1 aliphatic heterocycles. The molecule has 1 fully saturated rings. The molecule has 0 radical (unpaired) electrons. The molecule has 1 amide bonds. The molecule has 5 nitrogen and oxygen atoms in total. The molecule has 6 heteroatoms. The molecule has 0 aromatic heterocycles. The van der Waals surface area contributed by atoms with Crippen LogP contribution in [-0.2, 0) is 6.54 Å². The van der Waals surface area contributed by atoms with Crippen LogP contribution in [0.1, 0.15) is 15.9 Å². The second kappa shape index (κ2) is 10.0. The number of amides is 1. The number of halogens is 1. The molecule has 150 valence electrons. The van der Waals surface area contributed by atoms with Crippen molar-refractivity contribution in [1.29, 1.82) is 0 Å². The van der Waals surface area contributed by atoms with Gasteiger partial charge in [-0.3, -0.25) is 14.6 Å². The Balaban J connectivity index is 1.41. The Labute approximate surface area is 172 Å². The van der Waals surface area contributed by atoms with Gasteiger partial charge in [0.15, 0.2) is 0 Å². The summed E-state index contributed by atoms with van der Waals surface area (Å²) in [6, 6.07) is 17.3. The average Bonchev–Trinajstić information content (AvgIpc) is 2.68. The molecule has 1 heterocycles. The van der Waals surface area contributed by atoms with Crippen molar-refractivity contribution in [3.05, 3.63) is 70.7 Å². The number of benzene rings is 2. The first kappa shape index (κ1) is 20.8. The molecule has 1 aliphatic rings. The summed E-state index contributed by atoms with van der Waals surface area (Å²) < 4.78 is 0. The molecule has 28 heavy (non-hydrogen) atoms. The van der Waals surface area contributed by atoms with Crippen molar-refractivity contribution in [3.63, 3.8) is 0 Å². The quantitative estimate of drug-likeness (QED) is 0.774. The zero-order chi connectivity index (χ0) is 19.9. The molecule has 0 aliphatic carbocycles. The summed E-state index contributed by atoms with van der Waals surface area (Å²) in [5, 5.41) is 11.0. The second-order valence-electron chi connectivity index (χ2n) is 7.44. The predicted octanol–water partition coefficient (Wildman–Crippen LogP) is 2.59. The Kier molecular flexibility index (Phi) is 7.45. The van der Waals surface area contributed by atoms with E-state index in [1.165, 1.54) is 5.56 Å². The first-order valence-corrected chi connectivity index (χ1v) is 10.1. The molecule has 2 aromatic carbocycles. The molecule has 0 bridgehead atoms. The van der Waals surface area contributed by atoms with Crippen LogP contribution in [0, 0.1) is 0 Å². The lowest BCUT2D eigenvalue weighted by Gasteiger charge is -2.36. The lowest BCUT2D eigenvalue weighted by molar-refractivity contribution is 0.0453. The Hall–Kier alpha value is -1.92. The van der Waals surface area contributed by atoms with Crippen molar-refractivity contribution in [2.45, 2.75) is 12.6 Å². The molecular formula is C22H28ClN3O2. The van der Waals surface area contributed by atoms with Gasteiger partial charge in [0, 0.05) is 56.4 Å². The Bertz CT molecular complexity index is 763. The van der Waals surface area contributed by atoms with E-state index < -0.39 is 6.10 Å². The molecule has 0 saturated carbocycles. The van der Waals surface area contributed by atoms with E-state index in [0.29, 0.717) is 36.8 Å². The molecule has 3 rings (SSSR count). The van der Waals surface area contributed by atoms with Crippen molar-refractivity contribution in [2.24, 2.45) is 0 Å². The summed E-state index contributed by atoms with van der Waals surface area (Å²) in [6.45, 7) is 4.93. The summed E-state index contributed by atoms with van der Waals surface area (Å²) in [5.41, 5.74) is 1.87. The Morgan fingerprint density at radius 3 is 2.50 bits per heavy atom. The highest BCUT2D eigenvalue weighted by Crippen LogP contribution is 2.14. The van der Waals surface area contributed by atoms with E-state index in [1.54, 1.807) is 24.3 Å². The summed E-state index contributed by atoms with van der Waals surface area (Å²) in [6.07, 6.45) is -0.413. The molecule has 1 atom stereocenters. The normalized spacial score (nSPS) is 16.4. The highest BCUT2D eigenvalue weighted by molar-refractivity contribution is 6.30. The van der Waals surface area contributed by atoms with Gasteiger partial charge in [-0.15, -0.1) is 0 Å². The number of aliphatic hydroxyl groups excluding tert-OH is 1. The number of aliphatic hydroxyl groups is 1. The highest BCUT2D eigenvalue weighted by atomic mass is 35.5. The number of nitrogens with zero attached hydrogens (tertiary/aromatic N) is 3. The van der Waals surface area contributed by atoms with Crippen molar-refractivity contribution >= 4 is 17.5 Å². The number of carbonyl (C=O) groups is 1. The number of piperazine rings is 1. The van der Waals surface area contributed by atoms with E-state index in [4.69, 9.17) is 11.6 Å². The van der Waals surface area contributed by atoms with Crippen molar-refractivity contribution in [3.8, 4) is 0 Å². The molecule has 1 saturated heterocycles. The van der Waals surface area contributed by atoms with Gasteiger partial charge >= 0.3 is 0 Å². The van der Waals surface area contributed by atoms with E-state index in [9.17, 15) is 9.90 Å². The zero-order valence-corrected chi connectivity index (χ0v) is 17.1. The van der Waals surface area contributed by atoms with Gasteiger partial charge in [0.1, 0.15) is 0 Å². The third kappa shape index (κ3) is 6.04. The minimum atomic E-state index is -0.413. The van der Waals surface area contributed by atoms with Crippen LogP contribution in [0.3, 0.4) is 0 Å². The van der Waals surface area contributed by atoms with Crippen LogP contribution in [0.25, 0.3) is 0 Å². The van der Waals surface area contributed by atoms with Crippen LogP contribution in [0.5, 0.6) is 0 Å². The average molecular weight is 402 g/mol. The number of rotatable bonds is 7. The number of hydrogen-bond acceptors (Lipinski definition) is 4. The Morgan fingerprint density at radius 2 is 1.82 bits per heavy atom. The number of likely N-dealkylation sites (N-methyl/N-ethyl adjacent to an activating group) is 1. The van der Waals surface area contributed by atoms with Crippen LogP contribution >= 0.6 is 11.6 Å². The van der Waals surface area contributed by atoms with Gasteiger partial charge < -0.3 is 10.0 Å². The fourth-order valence-corrected chi connectivity index (χ4v) is 3.80. The standard InChI is InChI=1S/C22H28ClN3O2/c1-24(15-18-6-3-2-4-7-18)16-21(27)17-25-10-12-26(13-11-25)22(28)19-8-5-9-20(23)14-19/h2-9,14,21,27H,10-13,15-17H2,1H3. The maximum atomic E-state index is 12.6. The number of hydrogen-bond donors (Lipinski definition) is 1. The zero-order valence-electron chi connectivity index (χ0n) is 16.3. The summed E-state index contributed by atoms with van der Waals surface area (Å²) in [5.74, 6) is 0.0188. The fraction of sp³-hybridized carbons (Fsp3) is 0.409. The molecule has 1 N–H and O–H groups in total. The van der Waals surface area contributed by atoms with Gasteiger partial charge in [-0.05, 0) is 30.8 Å². The van der Waals surface area contributed by atoms with Crippen LogP contribution < -0.4 is 0 Å². The van der Waals surface area contributed by atoms with Crippen LogP contribution in [0.15, 0.2) is 54.6 Å². The van der Waals surface area contributed by atoms with Crippen LogP contribution in [0.2, 0.25) is 5.02 Å². The first-order valence-electron chi connectivity index (χ1n) is 9.69. The summed E-state index contributed by atoms with van der Waals surface area (Å²) >= 11 is 5.99. The third-order valence-electron chi connectivity index (χ3n) is 5.02. The lowest BCUT2D eigenvalue weighted by Crippen LogP contribution is -2.51. The largest absolute Gasteiger partial charge is 0.390 e. The molecule has 0 spiro atoms. The van der Waals surface area contributed by atoms with Gasteiger partial charge in [-0.25, -0.2) is 0 Å². The molecule has 2 aromatic rings. The van der Waals surface area contributed by atoms with E-state index in [0.717, 1.165) is 19.6 Å². The molecular weight excluding hydrogens is 374 g/mol. The van der Waals surface area contributed by atoms with Gasteiger partial charge in [0.2, 0.25) is 0 Å². The third-order valence-corrected chi connectivity index (χ3v) is 5.25. The number of β-amino-alcohol motifs (C(OH)–C–C–N with tert-alkyl or cyclic N) is 1. The number of carbonyl (C=O) groups excluding carboxylic acids is 1.